The van der Waals surface area contributed by atoms with Crippen molar-refractivity contribution < 1.29 is 18.8 Å². The lowest BCUT2D eigenvalue weighted by Gasteiger charge is -2.28. The van der Waals surface area contributed by atoms with Gasteiger partial charge in [0.1, 0.15) is 5.82 Å². The van der Waals surface area contributed by atoms with Gasteiger partial charge >= 0.3 is 11.1 Å². The van der Waals surface area contributed by atoms with Crippen molar-refractivity contribution in [3.63, 3.8) is 0 Å². The first-order chi connectivity index (χ1) is 10.9. The van der Waals surface area contributed by atoms with Gasteiger partial charge in [0, 0.05) is 12.0 Å². The van der Waals surface area contributed by atoms with E-state index in [0.717, 1.165) is 6.07 Å². The van der Waals surface area contributed by atoms with Crippen LogP contribution in [-0.2, 0) is 14.4 Å². The van der Waals surface area contributed by atoms with Crippen molar-refractivity contribution in [3.8, 4) is 0 Å². The Bertz CT molecular complexity index is 631. The summed E-state index contributed by atoms with van der Waals surface area (Å²) in [6.07, 6.45) is 2.27. The first kappa shape index (κ1) is 17.7. The second-order valence-corrected chi connectivity index (χ2v) is 6.16. The summed E-state index contributed by atoms with van der Waals surface area (Å²) >= 11 is 11.0. The zero-order chi connectivity index (χ0) is 17.0. The fourth-order valence-electron chi connectivity index (χ4n) is 2.57. The van der Waals surface area contributed by atoms with Gasteiger partial charge in [-0.05, 0) is 55.5 Å². The molecule has 0 atom stereocenters. The predicted molar refractivity (Wildman–Crippen MR) is 84.8 cm³/mol. The van der Waals surface area contributed by atoms with Crippen molar-refractivity contribution in [3.05, 3.63) is 29.0 Å². The molecule has 0 spiro atoms. The van der Waals surface area contributed by atoms with Crippen LogP contribution in [0.3, 0.4) is 0 Å². The van der Waals surface area contributed by atoms with Gasteiger partial charge < -0.3 is 10.6 Å². The Hall–Kier alpha value is -1.66. The molecule has 23 heavy (non-hydrogen) atoms. The molecule has 1 aliphatic carbocycles. The van der Waals surface area contributed by atoms with E-state index in [4.69, 9.17) is 23.2 Å². The normalized spacial score (nSPS) is 20.7. The maximum atomic E-state index is 13.0. The molecular weight excluding hydrogens is 346 g/mol. The number of hydrogen-bond acceptors (Lipinski definition) is 3. The summed E-state index contributed by atoms with van der Waals surface area (Å²) in [5.74, 6) is -1.72. The van der Waals surface area contributed by atoms with Crippen LogP contribution >= 0.6 is 23.2 Å². The highest BCUT2D eigenvalue weighted by Crippen LogP contribution is 2.28. The van der Waals surface area contributed by atoms with Gasteiger partial charge in [-0.25, -0.2) is 4.39 Å². The minimum absolute atomic E-state index is 0.139. The highest BCUT2D eigenvalue weighted by Gasteiger charge is 2.28. The van der Waals surface area contributed by atoms with Gasteiger partial charge in [-0.15, -0.1) is 0 Å². The van der Waals surface area contributed by atoms with Crippen LogP contribution < -0.4 is 10.6 Å². The number of halogens is 3. The summed E-state index contributed by atoms with van der Waals surface area (Å²) in [7, 11) is 0. The third kappa shape index (κ3) is 4.91. The zero-order valence-corrected chi connectivity index (χ0v) is 13.6. The van der Waals surface area contributed by atoms with E-state index in [1.165, 1.54) is 12.1 Å². The highest BCUT2D eigenvalue weighted by molar-refractivity contribution is 6.80. The summed E-state index contributed by atoms with van der Waals surface area (Å²) in [4.78, 5) is 34.1. The average molecular weight is 361 g/mol. The van der Waals surface area contributed by atoms with Crippen molar-refractivity contribution in [2.45, 2.75) is 31.7 Å². The number of carbonyl (C=O) groups excluding carboxylic acids is 3. The lowest BCUT2D eigenvalue weighted by Crippen LogP contribution is -2.41. The fourth-order valence-corrected chi connectivity index (χ4v) is 2.84. The fraction of sp³-hybridized carbons (Fsp3) is 0.400. The van der Waals surface area contributed by atoms with E-state index in [1.807, 2.05) is 0 Å². The molecule has 0 heterocycles. The third-order valence-electron chi connectivity index (χ3n) is 3.80. The van der Waals surface area contributed by atoms with Crippen molar-refractivity contribution >= 4 is 45.9 Å². The van der Waals surface area contributed by atoms with Crippen LogP contribution in [0.5, 0.6) is 0 Å². The lowest BCUT2D eigenvalue weighted by molar-refractivity contribution is -0.134. The van der Waals surface area contributed by atoms with Crippen molar-refractivity contribution in [1.29, 1.82) is 0 Å². The van der Waals surface area contributed by atoms with Gasteiger partial charge in [-0.2, -0.15) is 0 Å². The molecular formula is C15H15Cl2FN2O3. The molecule has 1 saturated carbocycles. The maximum absolute atomic E-state index is 13.0. The molecule has 2 amide bonds. The molecule has 0 unspecified atom stereocenters. The predicted octanol–water partition coefficient (Wildman–Crippen LogP) is 2.86. The Kier molecular flexibility index (Phi) is 5.96. The molecule has 2 rings (SSSR count). The van der Waals surface area contributed by atoms with E-state index >= 15 is 0 Å². The first-order valence-electron chi connectivity index (χ1n) is 7.13. The standard InChI is InChI=1S/C15H15Cl2FN2O3/c16-11-7-9(18)3-6-12(11)20-14(22)8-1-4-10(5-2-8)19-15(23)13(17)21/h3,6-8,10H,1-2,4-5H2,(H,19,23)(H,20,22). The minimum atomic E-state index is -1.05. The summed E-state index contributed by atoms with van der Waals surface area (Å²) in [6, 6.07) is 3.60. The van der Waals surface area contributed by atoms with Crippen LogP contribution in [0.2, 0.25) is 5.02 Å². The van der Waals surface area contributed by atoms with Gasteiger partial charge in [-0.1, -0.05) is 11.6 Å². The molecule has 0 radical (unpaired) electrons. The van der Waals surface area contributed by atoms with E-state index in [1.54, 1.807) is 0 Å². The number of amides is 2. The number of nitrogens with one attached hydrogen (secondary N) is 2. The number of rotatable bonds is 4. The third-order valence-corrected chi connectivity index (χ3v) is 4.29. The molecule has 1 fully saturated rings. The first-order valence-corrected chi connectivity index (χ1v) is 7.88. The summed E-state index contributed by atoms with van der Waals surface area (Å²) in [5, 5.41) is 4.30. The molecule has 2 N–H and O–H groups in total. The van der Waals surface area contributed by atoms with Gasteiger partial charge in [0.2, 0.25) is 5.91 Å². The molecule has 0 bridgehead atoms. The molecule has 0 saturated heterocycles. The Morgan fingerprint density at radius 3 is 2.35 bits per heavy atom. The number of hydrogen-bond donors (Lipinski definition) is 2. The second kappa shape index (κ2) is 7.75. The van der Waals surface area contributed by atoms with E-state index < -0.39 is 17.0 Å². The van der Waals surface area contributed by atoms with Crippen molar-refractivity contribution in [2.75, 3.05) is 5.32 Å². The smallest absolute Gasteiger partial charge is 0.309 e. The van der Waals surface area contributed by atoms with Gasteiger partial charge in [0.05, 0.1) is 10.7 Å². The van der Waals surface area contributed by atoms with Crippen LogP contribution in [0.1, 0.15) is 25.7 Å². The molecule has 1 aliphatic rings. The minimum Gasteiger partial charge on any atom is -0.346 e. The number of anilines is 1. The van der Waals surface area contributed by atoms with Crippen LogP contribution in [0.25, 0.3) is 0 Å². The summed E-state index contributed by atoms with van der Waals surface area (Å²) in [5.41, 5.74) is 0.362. The molecule has 1 aromatic carbocycles. The Morgan fingerprint density at radius 2 is 1.78 bits per heavy atom. The van der Waals surface area contributed by atoms with Gasteiger partial charge in [0.15, 0.2) is 0 Å². The van der Waals surface area contributed by atoms with Crippen LogP contribution in [0.4, 0.5) is 10.1 Å². The molecule has 0 aliphatic heterocycles. The quantitative estimate of drug-likeness (QED) is 0.640. The van der Waals surface area contributed by atoms with E-state index in [2.05, 4.69) is 10.6 Å². The topological polar surface area (TPSA) is 75.3 Å². The largest absolute Gasteiger partial charge is 0.346 e. The van der Waals surface area contributed by atoms with Gasteiger partial charge in [0.25, 0.3) is 0 Å². The monoisotopic (exact) mass is 360 g/mol. The van der Waals surface area contributed by atoms with Crippen LogP contribution in [-0.4, -0.2) is 23.1 Å². The van der Waals surface area contributed by atoms with Gasteiger partial charge in [-0.3, -0.25) is 14.4 Å². The van der Waals surface area contributed by atoms with Crippen LogP contribution in [0, 0.1) is 11.7 Å². The van der Waals surface area contributed by atoms with Crippen molar-refractivity contribution in [2.24, 2.45) is 5.92 Å². The SMILES string of the molecule is O=C(Cl)C(=O)NC1CCC(C(=O)Nc2ccc(F)cc2Cl)CC1. The average Bonchev–Trinajstić information content (AvgIpc) is 2.50. The molecule has 124 valence electrons. The van der Waals surface area contributed by atoms with Crippen LogP contribution in [0.15, 0.2) is 18.2 Å². The molecule has 0 aromatic heterocycles. The molecule has 5 nitrogen and oxygen atoms in total. The van der Waals surface area contributed by atoms with E-state index in [-0.39, 0.29) is 22.9 Å². The van der Waals surface area contributed by atoms with E-state index in [9.17, 15) is 18.8 Å². The Balaban J connectivity index is 1.86. The van der Waals surface area contributed by atoms with E-state index in [0.29, 0.717) is 31.4 Å². The highest BCUT2D eigenvalue weighted by atomic mass is 35.5. The Morgan fingerprint density at radius 1 is 1.13 bits per heavy atom. The maximum Gasteiger partial charge on any atom is 0.309 e. The summed E-state index contributed by atoms with van der Waals surface area (Å²) < 4.78 is 13.0. The lowest BCUT2D eigenvalue weighted by atomic mass is 9.85. The number of carbonyl (C=O) groups is 3. The summed E-state index contributed by atoms with van der Waals surface area (Å²) in [6.45, 7) is 0. The second-order valence-electron chi connectivity index (χ2n) is 5.41. The van der Waals surface area contributed by atoms with Crippen molar-refractivity contribution in [1.82, 2.24) is 5.32 Å². The Labute approximate surface area is 142 Å². The zero-order valence-electron chi connectivity index (χ0n) is 12.1. The molecule has 8 heteroatoms. The molecule has 1 aromatic rings. The number of benzene rings is 1.